The Morgan fingerprint density at radius 1 is 1.31 bits per heavy atom. The first-order valence-electron chi connectivity index (χ1n) is 5.04. The molecule has 6 nitrogen and oxygen atoms in total. The average molecular weight is 220 g/mol. The van der Waals surface area contributed by atoms with Gasteiger partial charge in [0.15, 0.2) is 11.1 Å². The second-order valence-electron chi connectivity index (χ2n) is 3.94. The van der Waals surface area contributed by atoms with Gasteiger partial charge in [-0.05, 0) is 0 Å². The van der Waals surface area contributed by atoms with Crippen molar-refractivity contribution < 1.29 is 0 Å². The molecule has 2 aromatic rings. The van der Waals surface area contributed by atoms with Crippen LogP contribution in [-0.4, -0.2) is 40.2 Å². The first-order valence-corrected chi connectivity index (χ1v) is 5.04. The van der Waals surface area contributed by atoms with Crippen molar-refractivity contribution in [3.05, 3.63) is 11.8 Å². The van der Waals surface area contributed by atoms with Crippen LogP contribution < -0.4 is 10.4 Å². The van der Waals surface area contributed by atoms with Crippen LogP contribution in [0.2, 0.25) is 0 Å². The van der Waals surface area contributed by atoms with Crippen molar-refractivity contribution in [3.8, 4) is 0 Å². The highest BCUT2D eigenvalue weighted by atomic mass is 15.3. The highest BCUT2D eigenvalue weighted by Crippen LogP contribution is 2.11. The number of nitrogens with zero attached hydrogens (tertiary/aromatic N) is 6. The standard InChI is InChI=1S/C10H16N6/c1-11-8-7-9(12-6-15(7)4)16(5)10(13-8)14(2)3/h6H,1-5H3. The minimum absolute atomic E-state index is 0.719. The Hall–Kier alpha value is -1.85. The molecule has 0 bridgehead atoms. The molecule has 0 amide bonds. The molecule has 6 heteroatoms. The number of hydrogen-bond acceptors (Lipinski definition) is 4. The van der Waals surface area contributed by atoms with Crippen molar-refractivity contribution in [2.75, 3.05) is 26.0 Å². The summed E-state index contributed by atoms with van der Waals surface area (Å²) in [5.41, 5.74) is 2.56. The smallest absolute Gasteiger partial charge is 0.208 e. The van der Waals surface area contributed by atoms with Gasteiger partial charge in [-0.25, -0.2) is 4.98 Å². The molecule has 0 aliphatic heterocycles. The summed E-state index contributed by atoms with van der Waals surface area (Å²) < 4.78 is 3.90. The zero-order valence-electron chi connectivity index (χ0n) is 10.3. The van der Waals surface area contributed by atoms with E-state index in [-0.39, 0.29) is 0 Å². The lowest BCUT2D eigenvalue weighted by atomic mass is 10.5. The summed E-state index contributed by atoms with van der Waals surface area (Å²) in [4.78, 5) is 15.0. The molecule has 0 fully saturated rings. The van der Waals surface area contributed by atoms with Crippen LogP contribution in [0.15, 0.2) is 11.3 Å². The molecule has 16 heavy (non-hydrogen) atoms. The lowest BCUT2D eigenvalue weighted by Gasteiger charge is -2.15. The van der Waals surface area contributed by atoms with Crippen LogP contribution in [0.5, 0.6) is 0 Å². The van der Waals surface area contributed by atoms with Gasteiger partial charge >= 0.3 is 0 Å². The van der Waals surface area contributed by atoms with Gasteiger partial charge in [-0.2, -0.15) is 4.98 Å². The lowest BCUT2D eigenvalue weighted by Crippen LogP contribution is -2.24. The number of rotatable bonds is 1. The van der Waals surface area contributed by atoms with Gasteiger partial charge in [0.2, 0.25) is 5.95 Å². The molecule has 0 aliphatic carbocycles. The van der Waals surface area contributed by atoms with Crippen LogP contribution in [0.3, 0.4) is 0 Å². The van der Waals surface area contributed by atoms with Crippen molar-refractivity contribution in [1.82, 2.24) is 19.1 Å². The zero-order valence-corrected chi connectivity index (χ0v) is 10.3. The van der Waals surface area contributed by atoms with Crippen LogP contribution in [0, 0.1) is 0 Å². The van der Waals surface area contributed by atoms with E-state index in [2.05, 4.69) is 15.0 Å². The summed E-state index contributed by atoms with van der Waals surface area (Å²) in [7, 11) is 9.56. The molecule has 0 saturated heterocycles. The Labute approximate surface area is 93.9 Å². The topological polar surface area (TPSA) is 51.2 Å². The Morgan fingerprint density at radius 2 is 2.00 bits per heavy atom. The van der Waals surface area contributed by atoms with Crippen LogP contribution >= 0.6 is 0 Å². The summed E-state index contributed by atoms with van der Waals surface area (Å²) in [6, 6.07) is 0. The maximum Gasteiger partial charge on any atom is 0.208 e. The molecule has 0 N–H and O–H groups in total. The highest BCUT2D eigenvalue weighted by Gasteiger charge is 2.11. The van der Waals surface area contributed by atoms with E-state index in [1.165, 1.54) is 0 Å². The van der Waals surface area contributed by atoms with Crippen molar-refractivity contribution in [2.45, 2.75) is 0 Å². The molecule has 2 aromatic heterocycles. The Bertz CT molecular complexity index is 589. The van der Waals surface area contributed by atoms with Gasteiger partial charge in [-0.1, -0.05) is 0 Å². The number of imidazole rings is 1. The summed E-state index contributed by atoms with van der Waals surface area (Å²) >= 11 is 0. The Morgan fingerprint density at radius 3 is 2.56 bits per heavy atom. The summed E-state index contributed by atoms with van der Waals surface area (Å²) in [5.74, 6) is 0.840. The van der Waals surface area contributed by atoms with Crippen LogP contribution in [0.1, 0.15) is 0 Å². The van der Waals surface area contributed by atoms with Crippen LogP contribution in [-0.2, 0) is 14.1 Å². The van der Waals surface area contributed by atoms with E-state index in [4.69, 9.17) is 0 Å². The predicted octanol–water partition coefficient (Wildman–Crippen LogP) is -0.0967. The quantitative estimate of drug-likeness (QED) is 0.674. The van der Waals surface area contributed by atoms with E-state index in [0.717, 1.165) is 22.6 Å². The van der Waals surface area contributed by atoms with E-state index in [1.807, 2.05) is 42.2 Å². The molecule has 86 valence electrons. The number of anilines is 1. The van der Waals surface area contributed by atoms with Crippen LogP contribution in [0.4, 0.5) is 5.95 Å². The molecule has 0 aliphatic rings. The number of fused-ring (bicyclic) bond motifs is 1. The zero-order chi connectivity index (χ0) is 11.9. The molecule has 2 heterocycles. The molecule has 0 spiro atoms. The van der Waals surface area contributed by atoms with Crippen molar-refractivity contribution >= 4 is 17.1 Å². The molecule has 0 saturated carbocycles. The number of hydrogen-bond donors (Lipinski definition) is 0. The van der Waals surface area contributed by atoms with Crippen molar-refractivity contribution in [2.24, 2.45) is 19.1 Å². The Balaban J connectivity index is 2.97. The van der Waals surface area contributed by atoms with E-state index < -0.39 is 0 Å². The van der Waals surface area contributed by atoms with Crippen LogP contribution in [0.25, 0.3) is 11.2 Å². The Kier molecular flexibility index (Phi) is 2.41. The molecule has 2 rings (SSSR count). The van der Waals surface area contributed by atoms with Crippen molar-refractivity contribution in [3.63, 3.8) is 0 Å². The van der Waals surface area contributed by atoms with E-state index >= 15 is 0 Å². The van der Waals surface area contributed by atoms with Gasteiger partial charge in [0, 0.05) is 35.2 Å². The van der Waals surface area contributed by atoms with Crippen molar-refractivity contribution in [1.29, 1.82) is 0 Å². The first kappa shape index (κ1) is 10.7. The van der Waals surface area contributed by atoms with Gasteiger partial charge < -0.3 is 9.47 Å². The molecular formula is C10H16N6. The minimum Gasteiger partial charge on any atom is -0.348 e. The minimum atomic E-state index is 0.719. The van der Waals surface area contributed by atoms with Gasteiger partial charge in [-0.15, -0.1) is 0 Å². The monoisotopic (exact) mass is 220 g/mol. The fourth-order valence-electron chi connectivity index (χ4n) is 1.79. The number of aromatic nitrogens is 4. The van der Waals surface area contributed by atoms with E-state index in [9.17, 15) is 0 Å². The fourth-order valence-corrected chi connectivity index (χ4v) is 1.79. The summed E-state index contributed by atoms with van der Waals surface area (Å²) in [6.45, 7) is 0. The van der Waals surface area contributed by atoms with Gasteiger partial charge in [0.25, 0.3) is 0 Å². The maximum atomic E-state index is 4.51. The third kappa shape index (κ3) is 1.37. The first-order chi connectivity index (χ1) is 7.56. The molecule has 0 atom stereocenters. The predicted molar refractivity (Wildman–Crippen MR) is 63.3 cm³/mol. The largest absolute Gasteiger partial charge is 0.348 e. The molecule has 0 unspecified atom stereocenters. The molecular weight excluding hydrogens is 204 g/mol. The molecule has 0 aromatic carbocycles. The van der Waals surface area contributed by atoms with Gasteiger partial charge in [0.1, 0.15) is 5.52 Å². The summed E-state index contributed by atoms with van der Waals surface area (Å²) in [6.07, 6.45) is 1.78. The fraction of sp³-hybridized carbons (Fsp3) is 0.500. The van der Waals surface area contributed by atoms with E-state index in [1.54, 1.807) is 13.4 Å². The van der Waals surface area contributed by atoms with Gasteiger partial charge in [-0.3, -0.25) is 9.56 Å². The number of aryl methyl sites for hydroxylation is 2. The summed E-state index contributed by atoms with van der Waals surface area (Å²) in [5, 5.41) is 0. The SMILES string of the molecule is CN=c1nc(N(C)C)n(C)c2ncn(C)c12. The third-order valence-electron chi connectivity index (χ3n) is 2.56. The second-order valence-corrected chi connectivity index (χ2v) is 3.94. The molecule has 0 radical (unpaired) electrons. The maximum absolute atomic E-state index is 4.51. The highest BCUT2D eigenvalue weighted by molar-refractivity contribution is 5.71. The third-order valence-corrected chi connectivity index (χ3v) is 2.56. The van der Waals surface area contributed by atoms with E-state index in [0.29, 0.717) is 0 Å². The van der Waals surface area contributed by atoms with Gasteiger partial charge in [0.05, 0.1) is 6.33 Å². The average Bonchev–Trinajstić information content (AvgIpc) is 2.62. The second kappa shape index (κ2) is 3.62. The lowest BCUT2D eigenvalue weighted by molar-refractivity contribution is 0.832. The normalized spacial score (nSPS) is 12.4.